The lowest BCUT2D eigenvalue weighted by molar-refractivity contribution is 0.133. The van der Waals surface area contributed by atoms with Crippen molar-refractivity contribution >= 4 is 0 Å². The summed E-state index contributed by atoms with van der Waals surface area (Å²) in [5.74, 6) is 4.98. The van der Waals surface area contributed by atoms with Crippen molar-refractivity contribution in [1.82, 2.24) is 0 Å². The van der Waals surface area contributed by atoms with Crippen LogP contribution < -0.4 is 5.90 Å². The molecule has 114 valence electrons. The highest BCUT2D eigenvalue weighted by molar-refractivity contribution is 4.81. The van der Waals surface area contributed by atoms with Gasteiger partial charge in [-0.05, 0) is 32.1 Å². The van der Waals surface area contributed by atoms with Gasteiger partial charge in [-0.1, -0.05) is 70.4 Å². The first-order valence-corrected chi connectivity index (χ1v) is 8.38. The summed E-state index contributed by atoms with van der Waals surface area (Å²) in [4.78, 5) is 4.55. The van der Waals surface area contributed by atoms with Gasteiger partial charge in [-0.15, -0.1) is 0 Å². The zero-order valence-electron chi connectivity index (χ0n) is 13.0. The molecular formula is C17H35NO. The zero-order valence-corrected chi connectivity index (χ0v) is 13.0. The summed E-state index contributed by atoms with van der Waals surface area (Å²) >= 11 is 0. The number of hydrogen-bond donors (Lipinski definition) is 1. The van der Waals surface area contributed by atoms with Crippen LogP contribution >= 0.6 is 0 Å². The fraction of sp³-hybridized carbons (Fsp3) is 0.882. The molecule has 0 rings (SSSR count). The van der Waals surface area contributed by atoms with Gasteiger partial charge in [0.2, 0.25) is 0 Å². The van der Waals surface area contributed by atoms with Gasteiger partial charge >= 0.3 is 0 Å². The minimum absolute atomic E-state index is 0.711. The lowest BCUT2D eigenvalue weighted by Crippen LogP contribution is -2.00. The molecule has 0 fully saturated rings. The molecule has 0 aromatic heterocycles. The highest BCUT2D eigenvalue weighted by atomic mass is 16.6. The van der Waals surface area contributed by atoms with Crippen molar-refractivity contribution in [3.63, 3.8) is 0 Å². The monoisotopic (exact) mass is 269 g/mol. The predicted molar refractivity (Wildman–Crippen MR) is 85.0 cm³/mol. The molecule has 0 spiro atoms. The summed E-state index contributed by atoms with van der Waals surface area (Å²) in [7, 11) is 0. The van der Waals surface area contributed by atoms with E-state index in [9.17, 15) is 0 Å². The summed E-state index contributed by atoms with van der Waals surface area (Å²) in [6.45, 7) is 2.98. The third kappa shape index (κ3) is 17.7. The minimum Gasteiger partial charge on any atom is -0.305 e. The smallest absolute Gasteiger partial charge is 0.0679 e. The maximum absolute atomic E-state index is 4.98. The van der Waals surface area contributed by atoms with Gasteiger partial charge in [0.25, 0.3) is 0 Å². The number of nitrogens with two attached hydrogens (primary N) is 1. The Bertz CT molecular complexity index is 180. The largest absolute Gasteiger partial charge is 0.305 e. The average Bonchev–Trinajstić information content (AvgIpc) is 2.43. The van der Waals surface area contributed by atoms with Crippen molar-refractivity contribution in [2.45, 2.75) is 90.4 Å². The summed E-state index contributed by atoms with van der Waals surface area (Å²) in [6, 6.07) is 0. The molecule has 0 heterocycles. The van der Waals surface area contributed by atoms with Gasteiger partial charge in [0.1, 0.15) is 0 Å². The Labute approximate surface area is 120 Å². The van der Waals surface area contributed by atoms with Gasteiger partial charge in [0, 0.05) is 0 Å². The normalized spacial score (nSPS) is 11.5. The Morgan fingerprint density at radius 3 is 1.68 bits per heavy atom. The number of rotatable bonds is 15. The molecule has 0 aromatic carbocycles. The van der Waals surface area contributed by atoms with Crippen molar-refractivity contribution in [3.05, 3.63) is 12.2 Å². The molecule has 0 aromatic rings. The Balaban J connectivity index is 2.99. The van der Waals surface area contributed by atoms with Crippen molar-refractivity contribution in [2.75, 3.05) is 6.61 Å². The molecule has 0 aliphatic carbocycles. The molecule has 19 heavy (non-hydrogen) atoms. The third-order valence-corrected chi connectivity index (χ3v) is 3.52. The number of allylic oxidation sites excluding steroid dienone is 2. The van der Waals surface area contributed by atoms with Crippen LogP contribution in [0.1, 0.15) is 90.4 Å². The third-order valence-electron chi connectivity index (χ3n) is 3.52. The molecule has 2 heteroatoms. The Kier molecular flexibility index (Phi) is 17.3. The Hall–Kier alpha value is -0.340. The lowest BCUT2D eigenvalue weighted by Gasteiger charge is -2.00. The molecule has 0 aliphatic rings. The predicted octanol–water partition coefficient (Wildman–Crippen LogP) is 5.52. The maximum atomic E-state index is 4.98. The quantitative estimate of drug-likeness (QED) is 0.241. The van der Waals surface area contributed by atoms with Crippen LogP contribution in [0.5, 0.6) is 0 Å². The molecule has 0 amide bonds. The second-order valence-corrected chi connectivity index (χ2v) is 5.46. The van der Waals surface area contributed by atoms with Gasteiger partial charge in [-0.2, -0.15) is 0 Å². The molecule has 0 unspecified atom stereocenters. The highest BCUT2D eigenvalue weighted by Crippen LogP contribution is 2.09. The van der Waals surface area contributed by atoms with Gasteiger partial charge in [-0.3, -0.25) is 0 Å². The second kappa shape index (κ2) is 17.7. The number of unbranched alkanes of at least 4 members (excludes halogenated alkanes) is 11. The molecular weight excluding hydrogens is 234 g/mol. The van der Waals surface area contributed by atoms with Gasteiger partial charge in [0.15, 0.2) is 0 Å². The van der Waals surface area contributed by atoms with E-state index in [-0.39, 0.29) is 0 Å². The highest BCUT2D eigenvalue weighted by Gasteiger charge is 1.91. The molecule has 0 saturated heterocycles. The van der Waals surface area contributed by atoms with E-state index in [1.807, 2.05) is 0 Å². The SMILES string of the molecule is CCCCCC/C=C\CCCCCCCCCON. The Morgan fingerprint density at radius 2 is 1.16 bits per heavy atom. The van der Waals surface area contributed by atoms with E-state index in [0.29, 0.717) is 6.61 Å². The maximum Gasteiger partial charge on any atom is 0.0679 e. The van der Waals surface area contributed by atoms with E-state index >= 15 is 0 Å². The topological polar surface area (TPSA) is 35.2 Å². The first kappa shape index (κ1) is 18.7. The van der Waals surface area contributed by atoms with E-state index in [0.717, 1.165) is 6.42 Å². The fourth-order valence-electron chi connectivity index (χ4n) is 2.26. The van der Waals surface area contributed by atoms with Crippen LogP contribution in [0.2, 0.25) is 0 Å². The summed E-state index contributed by atoms with van der Waals surface area (Å²) in [5, 5.41) is 0. The van der Waals surface area contributed by atoms with E-state index in [4.69, 9.17) is 5.90 Å². The van der Waals surface area contributed by atoms with E-state index in [1.165, 1.54) is 77.0 Å². The van der Waals surface area contributed by atoms with Crippen molar-refractivity contribution < 1.29 is 4.84 Å². The molecule has 0 radical (unpaired) electrons. The molecule has 0 bridgehead atoms. The summed E-state index contributed by atoms with van der Waals surface area (Å²) < 4.78 is 0. The van der Waals surface area contributed by atoms with Crippen molar-refractivity contribution in [3.8, 4) is 0 Å². The van der Waals surface area contributed by atoms with Gasteiger partial charge in [-0.25, -0.2) is 5.90 Å². The summed E-state index contributed by atoms with van der Waals surface area (Å²) in [6.07, 6.45) is 22.0. The molecule has 2 nitrogen and oxygen atoms in total. The molecule has 2 N–H and O–H groups in total. The van der Waals surface area contributed by atoms with Crippen LogP contribution in [0.3, 0.4) is 0 Å². The molecule has 0 aliphatic heterocycles. The van der Waals surface area contributed by atoms with Crippen LogP contribution in [-0.2, 0) is 4.84 Å². The average molecular weight is 269 g/mol. The van der Waals surface area contributed by atoms with Crippen LogP contribution in [-0.4, -0.2) is 6.61 Å². The van der Waals surface area contributed by atoms with Crippen LogP contribution in [0.4, 0.5) is 0 Å². The fourth-order valence-corrected chi connectivity index (χ4v) is 2.26. The van der Waals surface area contributed by atoms with Gasteiger partial charge in [0.05, 0.1) is 6.61 Å². The first-order chi connectivity index (χ1) is 9.41. The standard InChI is InChI=1S/C17H35NO/c1-2-3-4-5-6-7-8-9-10-11-12-13-14-15-16-17-19-18/h7-8H,2-6,9-18H2,1H3/b8-7-. The molecule has 0 atom stereocenters. The first-order valence-electron chi connectivity index (χ1n) is 8.38. The second-order valence-electron chi connectivity index (χ2n) is 5.46. The lowest BCUT2D eigenvalue weighted by atomic mass is 10.1. The van der Waals surface area contributed by atoms with Gasteiger partial charge < -0.3 is 4.84 Å². The van der Waals surface area contributed by atoms with E-state index in [1.54, 1.807) is 0 Å². The van der Waals surface area contributed by atoms with Crippen molar-refractivity contribution in [2.24, 2.45) is 5.90 Å². The zero-order chi connectivity index (χ0) is 14.0. The van der Waals surface area contributed by atoms with Crippen LogP contribution in [0.15, 0.2) is 12.2 Å². The minimum atomic E-state index is 0.711. The Morgan fingerprint density at radius 1 is 0.684 bits per heavy atom. The molecule has 0 saturated carbocycles. The van der Waals surface area contributed by atoms with Crippen molar-refractivity contribution in [1.29, 1.82) is 0 Å². The van der Waals surface area contributed by atoms with E-state index < -0.39 is 0 Å². The summed E-state index contributed by atoms with van der Waals surface area (Å²) in [5.41, 5.74) is 0. The van der Waals surface area contributed by atoms with Crippen LogP contribution in [0, 0.1) is 0 Å². The van der Waals surface area contributed by atoms with Crippen LogP contribution in [0.25, 0.3) is 0 Å². The van der Waals surface area contributed by atoms with E-state index in [2.05, 4.69) is 23.9 Å². The number of hydrogen-bond acceptors (Lipinski definition) is 2.